The van der Waals surface area contributed by atoms with E-state index in [1.807, 2.05) is 19.1 Å². The van der Waals surface area contributed by atoms with Crippen LogP contribution in [0.2, 0.25) is 0 Å². The number of ether oxygens (including phenoxy) is 1. The van der Waals surface area contributed by atoms with Crippen LogP contribution in [-0.4, -0.2) is 11.9 Å². The third kappa shape index (κ3) is 5.51. The molecule has 0 bridgehead atoms. The van der Waals surface area contributed by atoms with Gasteiger partial charge >= 0.3 is 11.9 Å². The van der Waals surface area contributed by atoms with Gasteiger partial charge in [-0.2, -0.15) is 0 Å². The molecule has 0 fully saturated rings. The van der Waals surface area contributed by atoms with E-state index in [4.69, 9.17) is 0 Å². The lowest BCUT2D eigenvalue weighted by Gasteiger charge is -2.14. The fourth-order valence-corrected chi connectivity index (χ4v) is 0.675. The first-order chi connectivity index (χ1) is 6.38. The van der Waals surface area contributed by atoms with Gasteiger partial charge in [0, 0.05) is 6.42 Å². The molecular weight excluding hydrogens is 180 g/mol. The summed E-state index contributed by atoms with van der Waals surface area (Å²) in [6.07, 6.45) is 4.60. The lowest BCUT2D eigenvalue weighted by Crippen LogP contribution is -2.25. The van der Waals surface area contributed by atoms with Crippen LogP contribution in [0, 0.1) is 5.41 Å². The lowest BCUT2D eigenvalue weighted by molar-refractivity contribution is -0.165. The summed E-state index contributed by atoms with van der Waals surface area (Å²) in [7, 11) is 0. The molecular formula is C11H18O3. The van der Waals surface area contributed by atoms with Crippen molar-refractivity contribution in [2.24, 2.45) is 5.41 Å². The first-order valence-electron chi connectivity index (χ1n) is 4.74. The van der Waals surface area contributed by atoms with Gasteiger partial charge in [0.15, 0.2) is 0 Å². The highest BCUT2D eigenvalue weighted by molar-refractivity contribution is 5.88. The topological polar surface area (TPSA) is 43.4 Å². The lowest BCUT2D eigenvalue weighted by atomic mass is 9.97. The maximum atomic E-state index is 11.2. The molecule has 0 aliphatic heterocycles. The second kappa shape index (κ2) is 5.58. The van der Waals surface area contributed by atoms with Crippen molar-refractivity contribution >= 4 is 11.9 Å². The van der Waals surface area contributed by atoms with E-state index in [1.165, 1.54) is 0 Å². The van der Waals surface area contributed by atoms with Gasteiger partial charge in [0.25, 0.3) is 0 Å². The number of allylic oxidation sites excluding steroid dienone is 2. The van der Waals surface area contributed by atoms with E-state index in [9.17, 15) is 9.59 Å². The highest BCUT2D eigenvalue weighted by Gasteiger charge is 2.25. The largest absolute Gasteiger partial charge is 0.393 e. The summed E-state index contributed by atoms with van der Waals surface area (Å²) in [5.74, 6) is -0.925. The maximum Gasteiger partial charge on any atom is 0.318 e. The Bertz CT molecular complexity index is 233. The number of rotatable bonds is 3. The van der Waals surface area contributed by atoms with Crippen LogP contribution in [0.25, 0.3) is 0 Å². The molecule has 0 aliphatic rings. The molecule has 0 aromatic heterocycles. The van der Waals surface area contributed by atoms with Crippen LogP contribution in [0.15, 0.2) is 12.2 Å². The third-order valence-corrected chi connectivity index (χ3v) is 1.57. The van der Waals surface area contributed by atoms with Gasteiger partial charge in [-0.25, -0.2) is 0 Å². The molecule has 0 heterocycles. The van der Waals surface area contributed by atoms with Crippen molar-refractivity contribution in [2.45, 2.75) is 40.5 Å². The summed E-state index contributed by atoms with van der Waals surface area (Å²) in [5.41, 5.74) is -0.615. The Hall–Kier alpha value is -1.12. The minimum atomic E-state index is -0.615. The molecule has 14 heavy (non-hydrogen) atoms. The van der Waals surface area contributed by atoms with Crippen molar-refractivity contribution in [3.05, 3.63) is 12.2 Å². The minimum absolute atomic E-state index is 0.256. The highest BCUT2D eigenvalue weighted by Crippen LogP contribution is 2.15. The maximum absolute atomic E-state index is 11.2. The second-order valence-corrected chi connectivity index (χ2v) is 4.12. The molecule has 0 rings (SSSR count). The normalized spacial score (nSPS) is 11.7. The van der Waals surface area contributed by atoms with Crippen LogP contribution < -0.4 is 0 Å². The summed E-state index contributed by atoms with van der Waals surface area (Å²) >= 11 is 0. The Balaban J connectivity index is 3.90. The van der Waals surface area contributed by atoms with Gasteiger partial charge in [0.2, 0.25) is 0 Å². The van der Waals surface area contributed by atoms with Gasteiger partial charge in [-0.1, -0.05) is 12.2 Å². The summed E-state index contributed by atoms with van der Waals surface area (Å²) in [5, 5.41) is 0. The highest BCUT2D eigenvalue weighted by atomic mass is 16.6. The molecule has 0 unspecified atom stereocenters. The monoisotopic (exact) mass is 198 g/mol. The van der Waals surface area contributed by atoms with Gasteiger partial charge in [-0.3, -0.25) is 9.59 Å². The third-order valence-electron chi connectivity index (χ3n) is 1.57. The molecule has 0 amide bonds. The summed E-state index contributed by atoms with van der Waals surface area (Å²) in [4.78, 5) is 22.3. The summed E-state index contributed by atoms with van der Waals surface area (Å²) in [6, 6.07) is 0. The van der Waals surface area contributed by atoms with Gasteiger partial charge in [0.1, 0.15) is 0 Å². The van der Waals surface area contributed by atoms with Gasteiger partial charge in [0.05, 0.1) is 5.41 Å². The molecule has 80 valence electrons. The number of hydrogen-bond donors (Lipinski definition) is 0. The molecule has 3 heteroatoms. The quantitative estimate of drug-likeness (QED) is 0.397. The van der Waals surface area contributed by atoms with E-state index in [2.05, 4.69) is 4.74 Å². The van der Waals surface area contributed by atoms with Crippen LogP contribution in [-0.2, 0) is 14.3 Å². The van der Waals surface area contributed by atoms with Crippen LogP contribution >= 0.6 is 0 Å². The Kier molecular flexibility index (Phi) is 5.13. The Morgan fingerprint density at radius 3 is 2.29 bits per heavy atom. The molecule has 0 radical (unpaired) electrons. The fourth-order valence-electron chi connectivity index (χ4n) is 0.675. The molecule has 0 saturated carbocycles. The van der Waals surface area contributed by atoms with E-state index in [1.54, 1.807) is 20.8 Å². The average Bonchev–Trinajstić information content (AvgIpc) is 2.03. The van der Waals surface area contributed by atoms with E-state index in [0.717, 1.165) is 0 Å². The molecule has 0 aromatic rings. The SMILES string of the molecule is CC=CCCC(=O)OC(=O)C(C)(C)C. The number of hydrogen-bond acceptors (Lipinski definition) is 3. The zero-order valence-electron chi connectivity index (χ0n) is 9.29. The van der Waals surface area contributed by atoms with Gasteiger partial charge in [-0.15, -0.1) is 0 Å². The fraction of sp³-hybridized carbons (Fsp3) is 0.636. The second-order valence-electron chi connectivity index (χ2n) is 4.12. The standard InChI is InChI=1S/C11H18O3/c1-5-6-7-8-9(12)14-10(13)11(2,3)4/h5-6H,7-8H2,1-4H3. The smallest absolute Gasteiger partial charge is 0.318 e. The van der Waals surface area contributed by atoms with Gasteiger partial charge in [-0.05, 0) is 34.1 Å². The van der Waals surface area contributed by atoms with Crippen molar-refractivity contribution in [3.8, 4) is 0 Å². The Labute approximate surface area is 85.1 Å². The first-order valence-corrected chi connectivity index (χ1v) is 4.74. The van der Waals surface area contributed by atoms with E-state index >= 15 is 0 Å². The Morgan fingerprint density at radius 2 is 1.86 bits per heavy atom. The van der Waals surface area contributed by atoms with Crippen molar-refractivity contribution in [1.29, 1.82) is 0 Å². The zero-order valence-corrected chi connectivity index (χ0v) is 9.29. The van der Waals surface area contributed by atoms with Crippen molar-refractivity contribution in [2.75, 3.05) is 0 Å². The van der Waals surface area contributed by atoms with E-state index < -0.39 is 17.4 Å². The number of carbonyl (C=O) groups excluding carboxylic acids is 2. The van der Waals surface area contributed by atoms with Crippen LogP contribution in [0.1, 0.15) is 40.5 Å². The molecule has 0 aliphatic carbocycles. The van der Waals surface area contributed by atoms with E-state index in [0.29, 0.717) is 6.42 Å². The predicted molar refractivity (Wildman–Crippen MR) is 54.6 cm³/mol. The van der Waals surface area contributed by atoms with Gasteiger partial charge < -0.3 is 4.74 Å². The molecule has 0 atom stereocenters. The van der Waals surface area contributed by atoms with E-state index in [-0.39, 0.29) is 6.42 Å². The van der Waals surface area contributed by atoms with Crippen LogP contribution in [0.4, 0.5) is 0 Å². The minimum Gasteiger partial charge on any atom is -0.393 e. The van der Waals surface area contributed by atoms with Crippen LogP contribution in [0.5, 0.6) is 0 Å². The molecule has 0 aromatic carbocycles. The van der Waals surface area contributed by atoms with Crippen LogP contribution in [0.3, 0.4) is 0 Å². The Morgan fingerprint density at radius 1 is 1.29 bits per heavy atom. The molecule has 0 spiro atoms. The summed E-state index contributed by atoms with van der Waals surface area (Å²) < 4.78 is 4.65. The first kappa shape index (κ1) is 12.9. The van der Waals surface area contributed by atoms with Crippen molar-refractivity contribution < 1.29 is 14.3 Å². The summed E-state index contributed by atoms with van der Waals surface area (Å²) in [6.45, 7) is 7.03. The zero-order chi connectivity index (χ0) is 11.2. The number of carbonyl (C=O) groups is 2. The molecule has 0 N–H and O–H groups in total. The molecule has 0 saturated heterocycles. The van der Waals surface area contributed by atoms with Crippen molar-refractivity contribution in [1.82, 2.24) is 0 Å². The molecule has 3 nitrogen and oxygen atoms in total. The average molecular weight is 198 g/mol. The van der Waals surface area contributed by atoms with Crippen molar-refractivity contribution in [3.63, 3.8) is 0 Å². The number of esters is 2. The predicted octanol–water partition coefficient (Wildman–Crippen LogP) is 2.46.